The topological polar surface area (TPSA) is 82.9 Å². The number of aliphatic hydroxyl groups excluding tert-OH is 1. The second-order valence-corrected chi connectivity index (χ2v) is 7.69. The fraction of sp³-hybridized carbons (Fsp3) is 0.500. The molecule has 0 unspecified atom stereocenters. The van der Waals surface area contributed by atoms with E-state index < -0.39 is 6.10 Å². The minimum Gasteiger partial charge on any atom is -0.391 e. The lowest BCUT2D eigenvalue weighted by Gasteiger charge is -2.25. The Morgan fingerprint density at radius 3 is 2.60 bits per heavy atom. The van der Waals surface area contributed by atoms with Crippen LogP contribution in [0.25, 0.3) is 11.4 Å². The summed E-state index contributed by atoms with van der Waals surface area (Å²) in [6.07, 6.45) is -0.320. The number of nitrogens with zero attached hydrogens (tertiary/aromatic N) is 2. The Kier molecular flexibility index (Phi) is 6.13. The highest BCUT2D eigenvalue weighted by Crippen LogP contribution is 2.19. The van der Waals surface area contributed by atoms with Crippen LogP contribution in [-0.2, 0) is 11.3 Å². The van der Waals surface area contributed by atoms with Crippen LogP contribution in [0.4, 0.5) is 0 Å². The predicted octanol–water partition coefficient (Wildman–Crippen LogP) is 2.83. The third-order valence-corrected chi connectivity index (χ3v) is 4.43. The number of aryl methyl sites for hydroxylation is 1. The van der Waals surface area contributed by atoms with E-state index in [1.165, 1.54) is 5.56 Å². The molecule has 1 aromatic carbocycles. The number of aromatic amines is 1. The van der Waals surface area contributed by atoms with Gasteiger partial charge in [-0.05, 0) is 24.6 Å². The molecule has 0 bridgehead atoms. The van der Waals surface area contributed by atoms with Crippen LogP contribution >= 0.6 is 12.2 Å². The van der Waals surface area contributed by atoms with Gasteiger partial charge in [-0.15, -0.1) is 0 Å². The van der Waals surface area contributed by atoms with Crippen molar-refractivity contribution in [2.24, 2.45) is 5.41 Å². The summed E-state index contributed by atoms with van der Waals surface area (Å²) < 4.78 is 2.30. The highest BCUT2D eigenvalue weighted by Gasteiger charge is 2.22. The van der Waals surface area contributed by atoms with Gasteiger partial charge in [0.25, 0.3) is 0 Å². The molecule has 2 aromatic rings. The zero-order valence-electron chi connectivity index (χ0n) is 15.2. The number of hydrogen-bond acceptors (Lipinski definition) is 4. The van der Waals surface area contributed by atoms with Gasteiger partial charge in [-0.3, -0.25) is 14.5 Å². The molecule has 136 valence electrons. The fourth-order valence-corrected chi connectivity index (χ4v) is 2.49. The molecular weight excluding hydrogens is 336 g/mol. The first-order valence-electron chi connectivity index (χ1n) is 8.35. The highest BCUT2D eigenvalue weighted by molar-refractivity contribution is 7.71. The molecule has 0 aliphatic carbocycles. The Morgan fingerprint density at radius 2 is 2.00 bits per heavy atom. The molecule has 1 amide bonds. The first-order chi connectivity index (χ1) is 11.7. The summed E-state index contributed by atoms with van der Waals surface area (Å²) in [7, 11) is 0. The van der Waals surface area contributed by atoms with Crippen molar-refractivity contribution in [2.45, 2.75) is 46.8 Å². The molecule has 25 heavy (non-hydrogen) atoms. The maximum atomic E-state index is 12.1. The molecule has 0 aliphatic rings. The molecular formula is C18H26N4O2S. The fourth-order valence-electron chi connectivity index (χ4n) is 2.27. The molecule has 1 aromatic heterocycles. The van der Waals surface area contributed by atoms with E-state index in [1.807, 2.05) is 56.5 Å². The number of aliphatic hydroxyl groups is 1. The van der Waals surface area contributed by atoms with E-state index in [0.717, 1.165) is 5.56 Å². The molecule has 0 fully saturated rings. The van der Waals surface area contributed by atoms with Gasteiger partial charge in [0.15, 0.2) is 10.6 Å². The summed E-state index contributed by atoms with van der Waals surface area (Å²) >= 11 is 5.28. The standard InChI is InChI=1S/C18H26N4O2S/c1-12-5-7-13(8-6-12)16-20-21-17(25)22(16)10-9-15(24)19-11-14(23)18(2,3)4/h5-8,14,23H,9-11H2,1-4H3,(H,19,24)(H,21,25)/t14-/m0/s1. The van der Waals surface area contributed by atoms with Crippen LogP contribution in [0.15, 0.2) is 24.3 Å². The van der Waals surface area contributed by atoms with Crippen molar-refractivity contribution in [2.75, 3.05) is 6.54 Å². The van der Waals surface area contributed by atoms with Crippen LogP contribution in [0, 0.1) is 17.1 Å². The summed E-state index contributed by atoms with van der Waals surface area (Å²) in [5, 5.41) is 19.8. The lowest BCUT2D eigenvalue weighted by molar-refractivity contribution is -0.122. The van der Waals surface area contributed by atoms with E-state index in [4.69, 9.17) is 12.2 Å². The van der Waals surface area contributed by atoms with E-state index in [2.05, 4.69) is 15.5 Å². The second-order valence-electron chi connectivity index (χ2n) is 7.31. The van der Waals surface area contributed by atoms with E-state index >= 15 is 0 Å². The molecule has 0 radical (unpaired) electrons. The van der Waals surface area contributed by atoms with Gasteiger partial charge in [0.1, 0.15) is 0 Å². The summed E-state index contributed by atoms with van der Waals surface area (Å²) in [6.45, 7) is 8.49. The van der Waals surface area contributed by atoms with Crippen molar-refractivity contribution in [3.8, 4) is 11.4 Å². The first-order valence-corrected chi connectivity index (χ1v) is 8.76. The number of carbonyl (C=O) groups excluding carboxylic acids is 1. The van der Waals surface area contributed by atoms with Gasteiger partial charge < -0.3 is 10.4 Å². The van der Waals surface area contributed by atoms with Gasteiger partial charge in [-0.1, -0.05) is 50.6 Å². The maximum absolute atomic E-state index is 12.1. The van der Waals surface area contributed by atoms with Crippen LogP contribution in [0.1, 0.15) is 32.8 Å². The number of rotatable bonds is 6. The van der Waals surface area contributed by atoms with Gasteiger partial charge in [-0.2, -0.15) is 5.10 Å². The average Bonchev–Trinajstić information content (AvgIpc) is 2.91. The molecule has 0 saturated heterocycles. The number of nitrogens with one attached hydrogen (secondary N) is 2. The lowest BCUT2D eigenvalue weighted by Crippen LogP contribution is -2.39. The largest absolute Gasteiger partial charge is 0.391 e. The van der Waals surface area contributed by atoms with E-state index in [0.29, 0.717) is 17.1 Å². The Balaban J connectivity index is 1.99. The molecule has 0 saturated carbocycles. The SMILES string of the molecule is Cc1ccc(-c2n[nH]c(=S)n2CCC(=O)NC[C@H](O)C(C)(C)C)cc1. The average molecular weight is 362 g/mol. The van der Waals surface area contributed by atoms with Crippen LogP contribution in [0.3, 0.4) is 0 Å². The molecule has 2 rings (SSSR count). The van der Waals surface area contributed by atoms with Gasteiger partial charge >= 0.3 is 0 Å². The number of benzene rings is 1. The van der Waals surface area contributed by atoms with Gasteiger partial charge in [0, 0.05) is 25.1 Å². The van der Waals surface area contributed by atoms with Crippen molar-refractivity contribution in [3.05, 3.63) is 34.6 Å². The van der Waals surface area contributed by atoms with Crippen molar-refractivity contribution >= 4 is 18.1 Å². The summed E-state index contributed by atoms with van der Waals surface area (Å²) in [5.74, 6) is 0.591. The molecule has 6 nitrogen and oxygen atoms in total. The van der Waals surface area contributed by atoms with Crippen LogP contribution in [0.2, 0.25) is 0 Å². The van der Waals surface area contributed by atoms with Crippen LogP contribution in [0.5, 0.6) is 0 Å². The van der Waals surface area contributed by atoms with Crippen molar-refractivity contribution in [1.29, 1.82) is 0 Å². The molecule has 0 aliphatic heterocycles. The molecule has 3 N–H and O–H groups in total. The number of hydrogen-bond donors (Lipinski definition) is 3. The van der Waals surface area contributed by atoms with E-state index in [1.54, 1.807) is 0 Å². The van der Waals surface area contributed by atoms with E-state index in [9.17, 15) is 9.90 Å². The zero-order valence-corrected chi connectivity index (χ0v) is 16.0. The van der Waals surface area contributed by atoms with Crippen LogP contribution < -0.4 is 5.32 Å². The minimum absolute atomic E-state index is 0.124. The predicted molar refractivity (Wildman–Crippen MR) is 101 cm³/mol. The summed E-state index contributed by atoms with van der Waals surface area (Å²) in [5.41, 5.74) is 1.85. The highest BCUT2D eigenvalue weighted by atomic mass is 32.1. The van der Waals surface area contributed by atoms with Gasteiger partial charge in [0.05, 0.1) is 6.10 Å². The quantitative estimate of drug-likeness (QED) is 0.690. The maximum Gasteiger partial charge on any atom is 0.221 e. The smallest absolute Gasteiger partial charge is 0.221 e. The Hall–Kier alpha value is -1.99. The minimum atomic E-state index is -0.587. The number of aromatic nitrogens is 3. The first kappa shape index (κ1) is 19.3. The van der Waals surface area contributed by atoms with Crippen LogP contribution in [-0.4, -0.2) is 38.4 Å². The third-order valence-electron chi connectivity index (χ3n) is 4.12. The third kappa shape index (κ3) is 5.24. The molecule has 1 heterocycles. The number of H-pyrrole nitrogens is 1. The monoisotopic (exact) mass is 362 g/mol. The van der Waals surface area contributed by atoms with Crippen molar-refractivity contribution in [3.63, 3.8) is 0 Å². The number of carbonyl (C=O) groups is 1. The second kappa shape index (κ2) is 7.93. The molecule has 1 atom stereocenters. The van der Waals surface area contributed by atoms with Crippen molar-refractivity contribution in [1.82, 2.24) is 20.1 Å². The van der Waals surface area contributed by atoms with E-state index in [-0.39, 0.29) is 24.3 Å². The molecule has 0 spiro atoms. The summed E-state index contributed by atoms with van der Waals surface area (Å²) in [6, 6.07) is 7.99. The number of amides is 1. The Bertz CT molecular complexity index is 772. The normalized spacial score (nSPS) is 12.8. The van der Waals surface area contributed by atoms with Gasteiger partial charge in [-0.25, -0.2) is 0 Å². The summed E-state index contributed by atoms with van der Waals surface area (Å²) in [4.78, 5) is 12.1. The zero-order chi connectivity index (χ0) is 18.6. The Labute approximate surface area is 153 Å². The molecule has 7 heteroatoms. The Morgan fingerprint density at radius 1 is 1.36 bits per heavy atom. The van der Waals surface area contributed by atoms with Crippen molar-refractivity contribution < 1.29 is 9.90 Å². The lowest BCUT2D eigenvalue weighted by atomic mass is 9.89. The van der Waals surface area contributed by atoms with Gasteiger partial charge in [0.2, 0.25) is 5.91 Å².